The average Bonchev–Trinajstić information content (AvgIpc) is 3.63. The minimum atomic E-state index is 1.05. The van der Waals surface area contributed by atoms with Gasteiger partial charge in [0.15, 0.2) is 0 Å². The molecule has 0 atom stereocenters. The average molecular weight is 730 g/mol. The Bertz CT molecular complexity index is 2880. The van der Waals surface area contributed by atoms with Crippen LogP contribution in [0.5, 0.6) is 0 Å². The highest BCUT2D eigenvalue weighted by molar-refractivity contribution is 6.18. The highest BCUT2D eigenvalue weighted by Crippen LogP contribution is 2.48. The standard InChI is InChI=1S/C54H39N3/c1-6-19-40(20-7-1)42-33-35-47(36-34-42)55(44-24-10-3-11-25-44)49-38-52(56(45-26-12-4-13-27-45)46-28-14-5-15-29-46)54-50-31-16-17-32-51(50)57(53(54)39-49)48-30-18-23-43(37-48)41-21-8-2-9-22-41/h1-39H. The Balaban J connectivity index is 1.29. The summed E-state index contributed by atoms with van der Waals surface area (Å²) < 4.78 is 2.44. The SMILES string of the molecule is c1ccc(-c2ccc(N(c3ccccc3)c3cc(N(c4ccccc4)c4ccccc4)c4c5ccccc5n(-c5cccc(-c6ccccc6)c5)c4c3)cc2)cc1. The Hall–Kier alpha value is -7.62. The molecule has 0 amide bonds. The van der Waals surface area contributed by atoms with Gasteiger partial charge in [0.1, 0.15) is 0 Å². The Morgan fingerprint density at radius 3 is 1.33 bits per heavy atom. The van der Waals surface area contributed by atoms with Crippen LogP contribution in [0.25, 0.3) is 49.7 Å². The molecule has 0 bridgehead atoms. The van der Waals surface area contributed by atoms with Crippen molar-refractivity contribution >= 4 is 55.9 Å². The fourth-order valence-corrected chi connectivity index (χ4v) is 8.14. The minimum Gasteiger partial charge on any atom is -0.310 e. The summed E-state index contributed by atoms with van der Waals surface area (Å²) in [5, 5.41) is 2.37. The van der Waals surface area contributed by atoms with Crippen LogP contribution in [-0.2, 0) is 0 Å². The molecule has 0 saturated heterocycles. The molecule has 57 heavy (non-hydrogen) atoms. The fourth-order valence-electron chi connectivity index (χ4n) is 8.14. The van der Waals surface area contributed by atoms with Crippen LogP contribution in [0.1, 0.15) is 0 Å². The van der Waals surface area contributed by atoms with Crippen LogP contribution in [0, 0.1) is 0 Å². The molecule has 1 heterocycles. The summed E-state index contributed by atoms with van der Waals surface area (Å²) in [6.07, 6.45) is 0. The summed E-state index contributed by atoms with van der Waals surface area (Å²) in [6.45, 7) is 0. The van der Waals surface area contributed by atoms with E-state index < -0.39 is 0 Å². The molecule has 0 aliphatic rings. The normalized spacial score (nSPS) is 11.2. The van der Waals surface area contributed by atoms with Crippen molar-refractivity contribution in [3.8, 4) is 27.9 Å². The van der Waals surface area contributed by atoms with E-state index in [2.05, 4.69) is 251 Å². The molecule has 3 heteroatoms. The van der Waals surface area contributed by atoms with E-state index in [0.717, 1.165) is 50.8 Å². The van der Waals surface area contributed by atoms with E-state index in [4.69, 9.17) is 0 Å². The Labute approximate surface area is 333 Å². The van der Waals surface area contributed by atoms with Crippen molar-refractivity contribution in [3.05, 3.63) is 237 Å². The first-order chi connectivity index (χ1) is 28.3. The first-order valence-corrected chi connectivity index (χ1v) is 19.4. The molecule has 3 nitrogen and oxygen atoms in total. The van der Waals surface area contributed by atoms with Gasteiger partial charge < -0.3 is 14.4 Å². The van der Waals surface area contributed by atoms with Crippen molar-refractivity contribution in [3.63, 3.8) is 0 Å². The van der Waals surface area contributed by atoms with Crippen LogP contribution >= 0.6 is 0 Å². The highest BCUT2D eigenvalue weighted by atomic mass is 15.2. The quantitative estimate of drug-likeness (QED) is 0.147. The molecule has 0 aliphatic heterocycles. The van der Waals surface area contributed by atoms with Crippen LogP contribution < -0.4 is 9.80 Å². The van der Waals surface area contributed by atoms with Gasteiger partial charge in [-0.15, -0.1) is 0 Å². The van der Waals surface area contributed by atoms with E-state index in [1.807, 2.05) is 0 Å². The molecule has 10 aromatic rings. The molecule has 0 fully saturated rings. The number of fused-ring (bicyclic) bond motifs is 3. The van der Waals surface area contributed by atoms with Gasteiger partial charge in [-0.3, -0.25) is 0 Å². The number of para-hydroxylation sites is 4. The van der Waals surface area contributed by atoms with Crippen molar-refractivity contribution < 1.29 is 0 Å². The van der Waals surface area contributed by atoms with Gasteiger partial charge in [0.05, 0.1) is 22.4 Å². The summed E-state index contributed by atoms with van der Waals surface area (Å²) in [4.78, 5) is 4.79. The summed E-state index contributed by atoms with van der Waals surface area (Å²) in [5.74, 6) is 0. The molecule has 1 aromatic heterocycles. The number of nitrogens with zero attached hydrogens (tertiary/aromatic N) is 3. The molecular weight excluding hydrogens is 691 g/mol. The fraction of sp³-hybridized carbons (Fsp3) is 0. The lowest BCUT2D eigenvalue weighted by molar-refractivity contribution is 1.17. The summed E-state index contributed by atoms with van der Waals surface area (Å²) in [6, 6.07) is 84.8. The van der Waals surface area contributed by atoms with Gasteiger partial charge in [0.25, 0.3) is 0 Å². The molecule has 0 unspecified atom stereocenters. The smallest absolute Gasteiger partial charge is 0.0583 e. The zero-order chi connectivity index (χ0) is 38.0. The van der Waals surface area contributed by atoms with Crippen molar-refractivity contribution in [2.75, 3.05) is 9.80 Å². The highest BCUT2D eigenvalue weighted by Gasteiger charge is 2.25. The first kappa shape index (κ1) is 33.9. The number of rotatable bonds is 9. The van der Waals surface area contributed by atoms with Crippen LogP contribution in [-0.4, -0.2) is 4.57 Å². The van der Waals surface area contributed by atoms with Gasteiger partial charge >= 0.3 is 0 Å². The van der Waals surface area contributed by atoms with Gasteiger partial charge in [-0.05, 0) is 101 Å². The lowest BCUT2D eigenvalue weighted by Crippen LogP contribution is -2.14. The van der Waals surface area contributed by atoms with Gasteiger partial charge in [0.2, 0.25) is 0 Å². The number of hydrogen-bond acceptors (Lipinski definition) is 2. The van der Waals surface area contributed by atoms with E-state index in [-0.39, 0.29) is 0 Å². The maximum atomic E-state index is 2.44. The number of aromatic nitrogens is 1. The third-order valence-electron chi connectivity index (χ3n) is 10.7. The largest absolute Gasteiger partial charge is 0.310 e. The topological polar surface area (TPSA) is 11.4 Å². The van der Waals surface area contributed by atoms with Crippen LogP contribution in [0.15, 0.2) is 237 Å². The van der Waals surface area contributed by atoms with Gasteiger partial charge in [-0.1, -0.05) is 158 Å². The molecular formula is C54H39N3. The van der Waals surface area contributed by atoms with Gasteiger partial charge in [0, 0.05) is 39.2 Å². The predicted molar refractivity (Wildman–Crippen MR) is 241 cm³/mol. The third kappa shape index (κ3) is 6.41. The zero-order valence-electron chi connectivity index (χ0n) is 31.4. The predicted octanol–water partition coefficient (Wildman–Crippen LogP) is 15.1. The molecule has 270 valence electrons. The van der Waals surface area contributed by atoms with Crippen molar-refractivity contribution in [2.24, 2.45) is 0 Å². The first-order valence-electron chi connectivity index (χ1n) is 19.4. The van der Waals surface area contributed by atoms with E-state index >= 15 is 0 Å². The van der Waals surface area contributed by atoms with E-state index in [1.165, 1.54) is 33.0 Å². The maximum Gasteiger partial charge on any atom is 0.0583 e. The monoisotopic (exact) mass is 729 g/mol. The van der Waals surface area contributed by atoms with Crippen LogP contribution in [0.4, 0.5) is 34.1 Å². The second kappa shape index (κ2) is 14.9. The van der Waals surface area contributed by atoms with E-state index in [1.54, 1.807) is 0 Å². The van der Waals surface area contributed by atoms with E-state index in [9.17, 15) is 0 Å². The third-order valence-corrected chi connectivity index (χ3v) is 10.7. The summed E-state index contributed by atoms with van der Waals surface area (Å²) in [5.41, 5.74) is 14.6. The number of anilines is 6. The second-order valence-electron chi connectivity index (χ2n) is 14.2. The Morgan fingerprint density at radius 2 is 0.737 bits per heavy atom. The zero-order valence-corrected chi connectivity index (χ0v) is 31.4. The van der Waals surface area contributed by atoms with E-state index in [0.29, 0.717) is 0 Å². The van der Waals surface area contributed by atoms with Crippen LogP contribution in [0.3, 0.4) is 0 Å². The van der Waals surface area contributed by atoms with Crippen molar-refractivity contribution in [1.29, 1.82) is 0 Å². The Kier molecular flexibility index (Phi) is 8.86. The number of benzene rings is 9. The maximum absolute atomic E-state index is 2.44. The van der Waals surface area contributed by atoms with Crippen LogP contribution in [0.2, 0.25) is 0 Å². The van der Waals surface area contributed by atoms with Gasteiger partial charge in [-0.2, -0.15) is 0 Å². The van der Waals surface area contributed by atoms with Gasteiger partial charge in [-0.25, -0.2) is 0 Å². The molecule has 0 saturated carbocycles. The summed E-state index contributed by atoms with van der Waals surface area (Å²) in [7, 11) is 0. The molecule has 0 spiro atoms. The lowest BCUT2D eigenvalue weighted by Gasteiger charge is -2.30. The summed E-state index contributed by atoms with van der Waals surface area (Å²) >= 11 is 0. The Morgan fingerprint density at radius 1 is 0.281 bits per heavy atom. The molecule has 10 rings (SSSR count). The number of hydrogen-bond donors (Lipinski definition) is 0. The second-order valence-corrected chi connectivity index (χ2v) is 14.2. The van der Waals surface area contributed by atoms with Crippen molar-refractivity contribution in [2.45, 2.75) is 0 Å². The minimum absolute atomic E-state index is 1.05. The molecule has 9 aromatic carbocycles. The molecule has 0 radical (unpaired) electrons. The molecule has 0 aliphatic carbocycles. The molecule has 0 N–H and O–H groups in total. The lowest BCUT2D eigenvalue weighted by atomic mass is 10.0. The van der Waals surface area contributed by atoms with Crippen molar-refractivity contribution in [1.82, 2.24) is 4.57 Å².